The van der Waals surface area contributed by atoms with Gasteiger partial charge in [0.1, 0.15) is 12.1 Å². The van der Waals surface area contributed by atoms with Gasteiger partial charge >= 0.3 is 18.1 Å². The second kappa shape index (κ2) is 10.6. The molecule has 0 aromatic heterocycles. The first kappa shape index (κ1) is 27.2. The van der Waals surface area contributed by atoms with E-state index < -0.39 is 29.5 Å². The van der Waals surface area contributed by atoms with E-state index in [0.29, 0.717) is 36.6 Å². The first-order chi connectivity index (χ1) is 19.1. The molecule has 2 fully saturated rings. The number of anilines is 1. The number of hydrogen-bond acceptors (Lipinski definition) is 5. The fraction of sp³-hybridized carbons (Fsp3) is 0.414. The Kier molecular flexibility index (Phi) is 7.22. The normalized spacial score (nSPS) is 20.1. The number of urea groups is 3. The summed E-state index contributed by atoms with van der Waals surface area (Å²) in [4.78, 5) is 68.2. The van der Waals surface area contributed by atoms with Gasteiger partial charge in [0.2, 0.25) is 5.91 Å². The Morgan fingerprint density at radius 2 is 1.82 bits per heavy atom. The van der Waals surface area contributed by atoms with Gasteiger partial charge in [-0.2, -0.15) is 0 Å². The Bertz CT molecular complexity index is 1360. The molecule has 210 valence electrons. The van der Waals surface area contributed by atoms with Crippen LogP contribution in [0.5, 0.6) is 0 Å². The van der Waals surface area contributed by atoms with Gasteiger partial charge in [0.25, 0.3) is 5.91 Å². The van der Waals surface area contributed by atoms with Crippen LogP contribution in [0.25, 0.3) is 0 Å². The van der Waals surface area contributed by atoms with Gasteiger partial charge in [-0.05, 0) is 67.3 Å². The van der Waals surface area contributed by atoms with Crippen LogP contribution < -0.4 is 16.0 Å². The Balaban J connectivity index is 1.32. The summed E-state index contributed by atoms with van der Waals surface area (Å²) in [6, 6.07) is 13.0. The van der Waals surface area contributed by atoms with E-state index in [-0.39, 0.29) is 18.5 Å². The van der Waals surface area contributed by atoms with E-state index >= 15 is 0 Å². The summed E-state index contributed by atoms with van der Waals surface area (Å²) < 4.78 is 0. The lowest BCUT2D eigenvalue weighted by atomic mass is 9.91. The van der Waals surface area contributed by atoms with E-state index in [0.717, 1.165) is 33.8 Å². The topological polar surface area (TPSA) is 131 Å². The maximum atomic E-state index is 13.7. The van der Waals surface area contributed by atoms with Gasteiger partial charge < -0.3 is 20.9 Å². The molecule has 0 radical (unpaired) electrons. The van der Waals surface area contributed by atoms with E-state index in [9.17, 15) is 24.0 Å². The molecule has 8 amide bonds. The monoisotopic (exact) mass is 546 g/mol. The molecule has 1 unspecified atom stereocenters. The minimum Gasteiger partial charge on any atom is -0.341 e. The van der Waals surface area contributed by atoms with Gasteiger partial charge in [-0.15, -0.1) is 0 Å². The number of aryl methyl sites for hydroxylation is 1. The summed E-state index contributed by atoms with van der Waals surface area (Å²) >= 11 is 0. The molecule has 3 N–H and O–H groups in total. The zero-order valence-corrected chi connectivity index (χ0v) is 22.9. The molecular weight excluding hydrogens is 512 g/mol. The number of nitrogens with one attached hydrogen (secondary N) is 3. The largest absolute Gasteiger partial charge is 0.341 e. The Hall–Kier alpha value is -4.41. The lowest BCUT2D eigenvalue weighted by molar-refractivity contribution is -0.141. The molecule has 0 bridgehead atoms. The predicted molar refractivity (Wildman–Crippen MR) is 147 cm³/mol. The Morgan fingerprint density at radius 3 is 2.50 bits per heavy atom. The number of rotatable bonds is 7. The molecular formula is C29H34N6O5. The number of fused-ring (bicyclic) bond motifs is 2. The number of benzene rings is 2. The minimum absolute atomic E-state index is 0.00529. The number of carbonyl (C=O) groups is 5. The predicted octanol–water partition coefficient (Wildman–Crippen LogP) is 3.01. The summed E-state index contributed by atoms with van der Waals surface area (Å²) in [6.45, 7) is 2.12. The van der Waals surface area contributed by atoms with Crippen LogP contribution in [0.15, 0.2) is 48.5 Å². The maximum absolute atomic E-state index is 13.7. The van der Waals surface area contributed by atoms with Gasteiger partial charge in [0, 0.05) is 32.4 Å². The van der Waals surface area contributed by atoms with Crippen molar-refractivity contribution in [2.24, 2.45) is 5.92 Å². The molecule has 2 aromatic carbocycles. The van der Waals surface area contributed by atoms with Crippen LogP contribution in [0.4, 0.5) is 20.1 Å². The van der Waals surface area contributed by atoms with Crippen LogP contribution >= 0.6 is 0 Å². The molecule has 2 aromatic rings. The maximum Gasteiger partial charge on any atom is 0.329 e. The highest BCUT2D eigenvalue weighted by atomic mass is 16.2. The first-order valence-corrected chi connectivity index (χ1v) is 13.5. The average Bonchev–Trinajstić information content (AvgIpc) is 3.71. The van der Waals surface area contributed by atoms with Crippen LogP contribution in [-0.2, 0) is 28.1 Å². The fourth-order valence-electron chi connectivity index (χ4n) is 5.64. The van der Waals surface area contributed by atoms with Crippen molar-refractivity contribution < 1.29 is 24.0 Å². The zero-order valence-electron chi connectivity index (χ0n) is 22.9. The smallest absolute Gasteiger partial charge is 0.329 e. The molecule has 1 spiro atoms. The lowest BCUT2D eigenvalue weighted by Crippen LogP contribution is -2.47. The van der Waals surface area contributed by atoms with Gasteiger partial charge in [-0.3, -0.25) is 14.5 Å². The first-order valence-electron chi connectivity index (χ1n) is 13.5. The summed E-state index contributed by atoms with van der Waals surface area (Å²) in [5.41, 5.74) is 1.65. The third kappa shape index (κ3) is 4.99. The van der Waals surface area contributed by atoms with Crippen LogP contribution in [-0.4, -0.2) is 71.3 Å². The highest BCUT2D eigenvalue weighted by molar-refractivity contribution is 6.10. The van der Waals surface area contributed by atoms with Gasteiger partial charge in [-0.1, -0.05) is 36.4 Å². The molecule has 3 aliphatic rings. The molecule has 40 heavy (non-hydrogen) atoms. The molecule has 1 aliphatic heterocycles. The molecule has 1 heterocycles. The van der Waals surface area contributed by atoms with Crippen molar-refractivity contribution in [3.63, 3.8) is 0 Å². The quantitative estimate of drug-likeness (QED) is 0.460. The Labute approximate surface area is 232 Å². The SMILES string of the molecule is CNC(=O)N(C)C(=O)Nc1ccc2c(c1)CCC21NC(=O)N(CC(=O)N(Cc2ccccc2)[C@@H](C)C2CC2)C1=O. The summed E-state index contributed by atoms with van der Waals surface area (Å²) in [5, 5.41) is 7.92. The van der Waals surface area contributed by atoms with E-state index in [1.165, 1.54) is 14.1 Å². The van der Waals surface area contributed by atoms with Gasteiger partial charge in [-0.25, -0.2) is 19.3 Å². The lowest BCUT2D eigenvalue weighted by Gasteiger charge is -2.31. The molecule has 1 saturated heterocycles. The standard InChI is InChI=1S/C29H34N6O5/c1-18(20-9-10-20)34(16-19-7-5-4-6-8-19)24(36)17-35-25(37)29(32-28(35)40)14-13-21-15-22(11-12-23(21)29)31-27(39)33(3)26(38)30-2/h4-8,11-12,15,18,20H,9-10,13-14,16-17H2,1-3H3,(H,30,38)(H,31,39)(H,32,40)/t18-,29?/m0/s1. The summed E-state index contributed by atoms with van der Waals surface area (Å²) in [7, 11) is 2.78. The number of nitrogens with zero attached hydrogens (tertiary/aromatic N) is 3. The van der Waals surface area contributed by atoms with Crippen molar-refractivity contribution in [3.8, 4) is 0 Å². The highest BCUT2D eigenvalue weighted by Crippen LogP contribution is 2.42. The summed E-state index contributed by atoms with van der Waals surface area (Å²) in [5.74, 6) is -0.283. The molecule has 11 heteroatoms. The second-order valence-corrected chi connectivity index (χ2v) is 10.7. The van der Waals surface area contributed by atoms with Crippen LogP contribution in [0.2, 0.25) is 0 Å². The number of hydrogen-bond donors (Lipinski definition) is 3. The number of amides is 8. The molecule has 2 atom stereocenters. The number of imide groups is 2. The highest BCUT2D eigenvalue weighted by Gasteiger charge is 2.56. The van der Waals surface area contributed by atoms with Gasteiger partial charge in [0.05, 0.1) is 0 Å². The third-order valence-corrected chi connectivity index (χ3v) is 8.19. The van der Waals surface area contributed by atoms with Crippen LogP contribution in [0.1, 0.15) is 42.9 Å². The van der Waals surface area contributed by atoms with Crippen molar-refractivity contribution in [2.45, 2.75) is 50.7 Å². The van der Waals surface area contributed by atoms with Crippen molar-refractivity contribution in [1.82, 2.24) is 25.3 Å². The average molecular weight is 547 g/mol. The van der Waals surface area contributed by atoms with Crippen LogP contribution in [0, 0.1) is 5.92 Å². The summed E-state index contributed by atoms with van der Waals surface area (Å²) in [6.07, 6.45) is 2.97. The fourth-order valence-corrected chi connectivity index (χ4v) is 5.64. The minimum atomic E-state index is -1.25. The van der Waals surface area contributed by atoms with Crippen molar-refractivity contribution in [1.29, 1.82) is 0 Å². The molecule has 11 nitrogen and oxygen atoms in total. The zero-order chi connectivity index (χ0) is 28.6. The van der Waals surface area contributed by atoms with Crippen LogP contribution in [0.3, 0.4) is 0 Å². The van der Waals surface area contributed by atoms with Crippen molar-refractivity contribution in [2.75, 3.05) is 26.0 Å². The number of carbonyl (C=O) groups excluding carboxylic acids is 5. The molecule has 1 saturated carbocycles. The van der Waals surface area contributed by atoms with E-state index in [4.69, 9.17) is 0 Å². The van der Waals surface area contributed by atoms with Gasteiger partial charge in [0.15, 0.2) is 0 Å². The Morgan fingerprint density at radius 1 is 1.10 bits per heavy atom. The van der Waals surface area contributed by atoms with Crippen molar-refractivity contribution in [3.05, 3.63) is 65.2 Å². The molecule has 2 aliphatic carbocycles. The van der Waals surface area contributed by atoms with E-state index in [1.807, 2.05) is 37.3 Å². The molecule has 5 rings (SSSR count). The third-order valence-electron chi connectivity index (χ3n) is 8.19. The van der Waals surface area contributed by atoms with E-state index in [1.54, 1.807) is 23.1 Å². The van der Waals surface area contributed by atoms with Crippen molar-refractivity contribution >= 4 is 35.6 Å². The second-order valence-electron chi connectivity index (χ2n) is 10.7. The van der Waals surface area contributed by atoms with E-state index in [2.05, 4.69) is 16.0 Å².